The van der Waals surface area contributed by atoms with Crippen molar-refractivity contribution in [2.45, 2.75) is 38.8 Å². The van der Waals surface area contributed by atoms with Crippen LogP contribution < -0.4 is 5.32 Å². The second-order valence-electron chi connectivity index (χ2n) is 5.12. The summed E-state index contributed by atoms with van der Waals surface area (Å²) >= 11 is 5.85. The van der Waals surface area contributed by atoms with E-state index < -0.39 is 5.97 Å². The summed E-state index contributed by atoms with van der Waals surface area (Å²) in [6.07, 6.45) is 0.447. The Morgan fingerprint density at radius 1 is 1.29 bits per heavy atom. The molecule has 21 heavy (non-hydrogen) atoms. The normalized spacial score (nSPS) is 13.3. The van der Waals surface area contributed by atoms with E-state index in [0.717, 1.165) is 5.56 Å². The number of nitrogens with one attached hydrogen (secondary N) is 1. The van der Waals surface area contributed by atoms with E-state index in [-0.39, 0.29) is 24.5 Å². The van der Waals surface area contributed by atoms with Gasteiger partial charge in [-0.3, -0.25) is 4.79 Å². The highest BCUT2D eigenvalue weighted by Gasteiger charge is 2.19. The maximum atomic E-state index is 12.1. The largest absolute Gasteiger partial charge is 0.481 e. The molecule has 2 N–H and O–H groups in total. The van der Waals surface area contributed by atoms with Gasteiger partial charge in [0, 0.05) is 24.5 Å². The zero-order chi connectivity index (χ0) is 16.0. The maximum Gasteiger partial charge on any atom is 0.317 e. The highest BCUT2D eigenvalue weighted by molar-refractivity contribution is 6.30. The van der Waals surface area contributed by atoms with Crippen molar-refractivity contribution < 1.29 is 14.7 Å². The molecule has 1 aromatic carbocycles. The summed E-state index contributed by atoms with van der Waals surface area (Å²) in [6, 6.07) is 6.82. The Labute approximate surface area is 129 Å². The van der Waals surface area contributed by atoms with Crippen molar-refractivity contribution in [1.82, 2.24) is 10.2 Å². The van der Waals surface area contributed by atoms with E-state index >= 15 is 0 Å². The van der Waals surface area contributed by atoms with Gasteiger partial charge in [0.05, 0.1) is 6.04 Å². The lowest BCUT2D eigenvalue weighted by Crippen LogP contribution is -2.43. The van der Waals surface area contributed by atoms with Crippen LogP contribution in [0, 0.1) is 0 Å². The quantitative estimate of drug-likeness (QED) is 0.846. The summed E-state index contributed by atoms with van der Waals surface area (Å²) < 4.78 is 0. The summed E-state index contributed by atoms with van der Waals surface area (Å²) in [6.45, 7) is 3.71. The van der Waals surface area contributed by atoms with Gasteiger partial charge in [0.15, 0.2) is 0 Å². The van der Waals surface area contributed by atoms with Crippen LogP contribution in [-0.2, 0) is 4.79 Å². The van der Waals surface area contributed by atoms with Crippen LogP contribution in [0.25, 0.3) is 0 Å². The van der Waals surface area contributed by atoms with Crippen molar-refractivity contribution in [1.29, 1.82) is 0 Å². The van der Waals surface area contributed by atoms with Crippen LogP contribution in [0.4, 0.5) is 4.79 Å². The Hall–Kier alpha value is -1.75. The predicted octanol–water partition coefficient (Wildman–Crippen LogP) is 3.30. The first-order valence-electron chi connectivity index (χ1n) is 6.82. The molecule has 0 saturated heterocycles. The smallest absolute Gasteiger partial charge is 0.317 e. The lowest BCUT2D eigenvalue weighted by Gasteiger charge is -2.27. The number of aliphatic carboxylic acids is 1. The topological polar surface area (TPSA) is 69.6 Å². The summed E-state index contributed by atoms with van der Waals surface area (Å²) in [5, 5.41) is 12.1. The number of urea groups is 1. The van der Waals surface area contributed by atoms with Crippen molar-refractivity contribution in [2.75, 3.05) is 7.05 Å². The van der Waals surface area contributed by atoms with Crippen LogP contribution in [0.3, 0.4) is 0 Å². The van der Waals surface area contributed by atoms with E-state index in [1.54, 1.807) is 31.0 Å². The Balaban J connectivity index is 2.56. The molecule has 0 aliphatic rings. The highest BCUT2D eigenvalue weighted by Crippen LogP contribution is 2.20. The Bertz CT molecular complexity index is 490. The first-order chi connectivity index (χ1) is 9.81. The van der Waals surface area contributed by atoms with E-state index in [1.165, 1.54) is 0 Å². The van der Waals surface area contributed by atoms with Gasteiger partial charge in [0.2, 0.25) is 0 Å². The molecule has 2 atom stereocenters. The number of carboxylic acids is 1. The van der Waals surface area contributed by atoms with Gasteiger partial charge in [-0.05, 0) is 38.0 Å². The Morgan fingerprint density at radius 3 is 2.38 bits per heavy atom. The van der Waals surface area contributed by atoms with Gasteiger partial charge in [-0.2, -0.15) is 0 Å². The van der Waals surface area contributed by atoms with Crippen molar-refractivity contribution in [2.24, 2.45) is 0 Å². The second kappa shape index (κ2) is 7.88. The van der Waals surface area contributed by atoms with Crippen LogP contribution in [0.1, 0.15) is 38.3 Å². The number of carbonyl (C=O) groups is 2. The number of amides is 2. The lowest BCUT2D eigenvalue weighted by atomic mass is 10.1. The van der Waals surface area contributed by atoms with E-state index in [4.69, 9.17) is 16.7 Å². The Kier molecular flexibility index (Phi) is 6.49. The molecule has 1 aromatic rings. The lowest BCUT2D eigenvalue weighted by molar-refractivity contribution is -0.137. The minimum absolute atomic E-state index is 0.0396. The summed E-state index contributed by atoms with van der Waals surface area (Å²) in [7, 11) is 1.71. The van der Waals surface area contributed by atoms with E-state index in [9.17, 15) is 9.59 Å². The predicted molar refractivity (Wildman–Crippen MR) is 82.5 cm³/mol. The number of benzene rings is 1. The summed E-state index contributed by atoms with van der Waals surface area (Å²) in [5.74, 6) is -0.862. The minimum atomic E-state index is -0.862. The third-order valence-corrected chi connectivity index (χ3v) is 3.67. The molecule has 0 aliphatic heterocycles. The first kappa shape index (κ1) is 17.3. The van der Waals surface area contributed by atoms with Crippen LogP contribution >= 0.6 is 11.6 Å². The van der Waals surface area contributed by atoms with E-state index in [0.29, 0.717) is 11.4 Å². The highest BCUT2D eigenvalue weighted by atomic mass is 35.5. The number of nitrogens with zero attached hydrogens (tertiary/aromatic N) is 1. The average molecular weight is 313 g/mol. The molecule has 0 aromatic heterocycles. The molecule has 0 spiro atoms. The van der Waals surface area contributed by atoms with E-state index in [1.807, 2.05) is 19.1 Å². The van der Waals surface area contributed by atoms with Gasteiger partial charge in [-0.15, -0.1) is 0 Å². The molecule has 0 aliphatic carbocycles. The number of halogens is 1. The maximum absolute atomic E-state index is 12.1. The van der Waals surface area contributed by atoms with Gasteiger partial charge >= 0.3 is 12.0 Å². The first-order valence-corrected chi connectivity index (χ1v) is 7.19. The van der Waals surface area contributed by atoms with Crippen molar-refractivity contribution in [3.63, 3.8) is 0 Å². The fourth-order valence-corrected chi connectivity index (χ4v) is 1.99. The van der Waals surface area contributed by atoms with E-state index in [2.05, 4.69) is 5.32 Å². The third-order valence-electron chi connectivity index (χ3n) is 3.41. The molecule has 116 valence electrons. The van der Waals surface area contributed by atoms with Crippen LogP contribution in [0.15, 0.2) is 24.3 Å². The molecular weight excluding hydrogens is 292 g/mol. The SMILES string of the molecule is CC(CCC(=O)O)NC(=O)N(C)C(C)c1ccc(Cl)cc1. The molecule has 0 heterocycles. The van der Waals surface area contributed by atoms with Gasteiger partial charge in [0.1, 0.15) is 0 Å². The molecule has 5 nitrogen and oxygen atoms in total. The van der Waals surface area contributed by atoms with Crippen LogP contribution in [0.2, 0.25) is 5.02 Å². The summed E-state index contributed by atoms with van der Waals surface area (Å²) in [5.41, 5.74) is 0.982. The Morgan fingerprint density at radius 2 is 1.86 bits per heavy atom. The fourth-order valence-electron chi connectivity index (χ4n) is 1.87. The van der Waals surface area contributed by atoms with Crippen molar-refractivity contribution in [3.05, 3.63) is 34.9 Å². The molecule has 6 heteroatoms. The molecule has 0 radical (unpaired) electrons. The monoisotopic (exact) mass is 312 g/mol. The minimum Gasteiger partial charge on any atom is -0.481 e. The molecule has 0 saturated carbocycles. The number of rotatable bonds is 6. The van der Waals surface area contributed by atoms with Gasteiger partial charge < -0.3 is 15.3 Å². The van der Waals surface area contributed by atoms with Crippen molar-refractivity contribution in [3.8, 4) is 0 Å². The number of hydrogen-bond donors (Lipinski definition) is 2. The number of carboxylic acid groups (broad SMARTS) is 1. The molecule has 1 rings (SSSR count). The van der Waals surface area contributed by atoms with Crippen molar-refractivity contribution >= 4 is 23.6 Å². The van der Waals surface area contributed by atoms with Gasteiger partial charge in [-0.1, -0.05) is 23.7 Å². The summed E-state index contributed by atoms with van der Waals surface area (Å²) in [4.78, 5) is 24.2. The van der Waals surface area contributed by atoms with Crippen LogP contribution in [-0.4, -0.2) is 35.1 Å². The van der Waals surface area contributed by atoms with Gasteiger partial charge in [-0.25, -0.2) is 4.79 Å². The molecule has 2 unspecified atom stereocenters. The number of carbonyl (C=O) groups excluding carboxylic acids is 1. The second-order valence-corrected chi connectivity index (χ2v) is 5.56. The zero-order valence-corrected chi connectivity index (χ0v) is 13.2. The fraction of sp³-hybridized carbons (Fsp3) is 0.467. The average Bonchev–Trinajstić information content (AvgIpc) is 2.44. The molecule has 2 amide bonds. The van der Waals surface area contributed by atoms with Crippen LogP contribution in [0.5, 0.6) is 0 Å². The zero-order valence-electron chi connectivity index (χ0n) is 12.5. The molecular formula is C15H21ClN2O3. The third kappa shape index (κ3) is 5.63. The standard InChI is InChI=1S/C15H21ClN2O3/c1-10(4-9-14(19)20)17-15(21)18(3)11(2)12-5-7-13(16)8-6-12/h5-8,10-11H,4,9H2,1-3H3,(H,17,21)(H,19,20). The van der Waals surface area contributed by atoms with Gasteiger partial charge in [0.25, 0.3) is 0 Å². The molecule has 0 fully saturated rings. The number of hydrogen-bond acceptors (Lipinski definition) is 2. The molecule has 0 bridgehead atoms.